The van der Waals surface area contributed by atoms with Crippen molar-refractivity contribution >= 4 is 17.9 Å². The summed E-state index contributed by atoms with van der Waals surface area (Å²) in [5, 5.41) is 0. The van der Waals surface area contributed by atoms with Crippen LogP contribution in [-0.4, -0.2) is 38.2 Å². The van der Waals surface area contributed by atoms with Gasteiger partial charge in [0.15, 0.2) is 6.10 Å². The van der Waals surface area contributed by atoms with E-state index in [2.05, 4.69) is 4.74 Å². The quantitative estimate of drug-likeness (QED) is 0.428. The van der Waals surface area contributed by atoms with Gasteiger partial charge in [0.25, 0.3) is 0 Å². The number of benzene rings is 1. The lowest BCUT2D eigenvalue weighted by atomic mass is 10.2. The number of hydrogen-bond donors (Lipinski definition) is 0. The van der Waals surface area contributed by atoms with Crippen LogP contribution in [-0.2, 0) is 23.9 Å². The molecule has 1 aromatic carbocycles. The Morgan fingerprint density at radius 1 is 1.00 bits per heavy atom. The molecule has 0 saturated carbocycles. The first-order valence-corrected chi connectivity index (χ1v) is 6.82. The molecule has 7 nitrogen and oxygen atoms in total. The first-order valence-electron chi connectivity index (χ1n) is 6.82. The molecule has 124 valence electrons. The molecule has 0 bridgehead atoms. The van der Waals surface area contributed by atoms with Crippen molar-refractivity contribution in [1.82, 2.24) is 0 Å². The second-order valence-electron chi connectivity index (χ2n) is 4.29. The van der Waals surface area contributed by atoms with Crippen molar-refractivity contribution in [1.29, 1.82) is 0 Å². The van der Waals surface area contributed by atoms with E-state index in [4.69, 9.17) is 14.2 Å². The fourth-order valence-corrected chi connectivity index (χ4v) is 1.51. The topological polar surface area (TPSA) is 88.1 Å². The van der Waals surface area contributed by atoms with Crippen molar-refractivity contribution < 1.29 is 33.3 Å². The largest absolute Gasteiger partial charge is 0.497 e. The van der Waals surface area contributed by atoms with Crippen molar-refractivity contribution in [3.05, 3.63) is 36.4 Å². The first kappa shape index (κ1) is 18.2. The summed E-state index contributed by atoms with van der Waals surface area (Å²) in [6.45, 7) is 1.66. The summed E-state index contributed by atoms with van der Waals surface area (Å²) in [4.78, 5) is 34.4. The molecule has 7 heteroatoms. The summed E-state index contributed by atoms with van der Waals surface area (Å²) in [7, 11) is 2.70. The minimum atomic E-state index is -1.08. The standard InChI is InChI=1S/C16H18O7/c1-4-13(23-15(18)10-9-14(17)21-3)16(19)22-12-7-5-11(20-2)6-8-12/h5-10,13H,4H2,1-3H3/b10-9-. The van der Waals surface area contributed by atoms with E-state index >= 15 is 0 Å². The van der Waals surface area contributed by atoms with Crippen LogP contribution in [0.1, 0.15) is 13.3 Å². The highest BCUT2D eigenvalue weighted by molar-refractivity contribution is 5.92. The molecular formula is C16H18O7. The average molecular weight is 322 g/mol. The Bertz CT molecular complexity index is 575. The Morgan fingerprint density at radius 2 is 1.57 bits per heavy atom. The summed E-state index contributed by atoms with van der Waals surface area (Å²) in [5.74, 6) is -1.33. The molecule has 0 spiro atoms. The van der Waals surface area contributed by atoms with Gasteiger partial charge < -0.3 is 18.9 Å². The highest BCUT2D eigenvalue weighted by Gasteiger charge is 2.22. The first-order chi connectivity index (χ1) is 11.0. The SMILES string of the molecule is CCC(OC(=O)/C=C\C(=O)OC)C(=O)Oc1ccc(OC)cc1. The van der Waals surface area contributed by atoms with E-state index in [0.717, 1.165) is 12.2 Å². The Labute approximate surface area is 133 Å². The fraction of sp³-hybridized carbons (Fsp3) is 0.312. The summed E-state index contributed by atoms with van der Waals surface area (Å²) in [6, 6.07) is 6.38. The molecule has 1 aromatic rings. The minimum Gasteiger partial charge on any atom is -0.497 e. The molecule has 0 amide bonds. The third kappa shape index (κ3) is 6.21. The molecule has 0 aromatic heterocycles. The number of carbonyl (C=O) groups excluding carboxylic acids is 3. The lowest BCUT2D eigenvalue weighted by Crippen LogP contribution is -2.30. The fourth-order valence-electron chi connectivity index (χ4n) is 1.51. The highest BCUT2D eigenvalue weighted by atomic mass is 16.6. The third-order valence-electron chi connectivity index (χ3n) is 2.73. The maximum absolute atomic E-state index is 12.0. The number of esters is 3. The van der Waals surface area contributed by atoms with Crippen LogP contribution >= 0.6 is 0 Å². The monoisotopic (exact) mass is 322 g/mol. The minimum absolute atomic E-state index is 0.229. The number of methoxy groups -OCH3 is 2. The smallest absolute Gasteiger partial charge is 0.352 e. The van der Waals surface area contributed by atoms with Gasteiger partial charge in [-0.15, -0.1) is 0 Å². The lowest BCUT2D eigenvalue weighted by Gasteiger charge is -2.14. The molecule has 0 heterocycles. The zero-order valence-electron chi connectivity index (χ0n) is 13.1. The van der Waals surface area contributed by atoms with Crippen LogP contribution in [0.4, 0.5) is 0 Å². The number of hydrogen-bond acceptors (Lipinski definition) is 7. The van der Waals surface area contributed by atoms with Crippen LogP contribution in [0.5, 0.6) is 11.5 Å². The average Bonchev–Trinajstić information content (AvgIpc) is 2.57. The maximum Gasteiger partial charge on any atom is 0.352 e. The van der Waals surface area contributed by atoms with E-state index < -0.39 is 24.0 Å². The molecule has 1 unspecified atom stereocenters. The molecule has 0 N–H and O–H groups in total. The summed E-state index contributed by atoms with van der Waals surface area (Å²) >= 11 is 0. The summed E-state index contributed by atoms with van der Waals surface area (Å²) < 4.78 is 19.4. The molecule has 0 aliphatic carbocycles. The molecule has 1 rings (SSSR count). The van der Waals surface area contributed by atoms with Gasteiger partial charge in [0.05, 0.1) is 14.2 Å². The van der Waals surface area contributed by atoms with E-state index in [1.807, 2.05) is 0 Å². The van der Waals surface area contributed by atoms with Gasteiger partial charge in [-0.1, -0.05) is 6.92 Å². The Morgan fingerprint density at radius 3 is 2.09 bits per heavy atom. The van der Waals surface area contributed by atoms with Crippen LogP contribution in [0, 0.1) is 0 Å². The molecule has 0 aliphatic rings. The van der Waals surface area contributed by atoms with Crippen molar-refractivity contribution in [2.75, 3.05) is 14.2 Å². The van der Waals surface area contributed by atoms with Gasteiger partial charge in [0.2, 0.25) is 0 Å². The molecule has 0 fully saturated rings. The normalized spacial score (nSPS) is 11.6. The third-order valence-corrected chi connectivity index (χ3v) is 2.73. The lowest BCUT2D eigenvalue weighted by molar-refractivity contribution is -0.159. The van der Waals surface area contributed by atoms with E-state index in [0.29, 0.717) is 11.5 Å². The number of rotatable bonds is 7. The second kappa shape index (κ2) is 9.24. The molecular weight excluding hydrogens is 304 g/mol. The van der Waals surface area contributed by atoms with Gasteiger partial charge in [-0.3, -0.25) is 0 Å². The number of carbonyl (C=O) groups is 3. The van der Waals surface area contributed by atoms with Gasteiger partial charge in [0.1, 0.15) is 11.5 Å². The zero-order chi connectivity index (χ0) is 17.2. The van der Waals surface area contributed by atoms with Crippen LogP contribution in [0.25, 0.3) is 0 Å². The van der Waals surface area contributed by atoms with Gasteiger partial charge in [-0.25, -0.2) is 14.4 Å². The molecule has 0 saturated heterocycles. The summed E-state index contributed by atoms with van der Waals surface area (Å²) in [6.07, 6.45) is 0.943. The van der Waals surface area contributed by atoms with Crippen molar-refractivity contribution in [2.45, 2.75) is 19.4 Å². The van der Waals surface area contributed by atoms with Crippen LogP contribution in [0.2, 0.25) is 0 Å². The van der Waals surface area contributed by atoms with E-state index in [9.17, 15) is 14.4 Å². The second-order valence-corrected chi connectivity index (χ2v) is 4.29. The highest BCUT2D eigenvalue weighted by Crippen LogP contribution is 2.18. The zero-order valence-corrected chi connectivity index (χ0v) is 13.1. The Hall–Kier alpha value is -2.83. The van der Waals surface area contributed by atoms with Gasteiger partial charge in [-0.05, 0) is 30.7 Å². The number of ether oxygens (including phenoxy) is 4. The van der Waals surface area contributed by atoms with Crippen molar-refractivity contribution in [2.24, 2.45) is 0 Å². The Kier molecular flexibility index (Phi) is 7.32. The van der Waals surface area contributed by atoms with Crippen LogP contribution in [0.15, 0.2) is 36.4 Å². The van der Waals surface area contributed by atoms with Gasteiger partial charge in [-0.2, -0.15) is 0 Å². The van der Waals surface area contributed by atoms with Crippen LogP contribution in [0.3, 0.4) is 0 Å². The van der Waals surface area contributed by atoms with Crippen molar-refractivity contribution in [3.63, 3.8) is 0 Å². The molecule has 1 atom stereocenters. The van der Waals surface area contributed by atoms with E-state index in [1.54, 1.807) is 31.2 Å². The van der Waals surface area contributed by atoms with Crippen LogP contribution < -0.4 is 9.47 Å². The Balaban J connectivity index is 2.61. The molecule has 23 heavy (non-hydrogen) atoms. The van der Waals surface area contributed by atoms with Crippen molar-refractivity contribution in [3.8, 4) is 11.5 Å². The predicted octanol–water partition coefficient (Wildman–Crippen LogP) is 1.65. The summed E-state index contributed by atoms with van der Waals surface area (Å²) in [5.41, 5.74) is 0. The predicted molar refractivity (Wildman–Crippen MR) is 80.0 cm³/mol. The van der Waals surface area contributed by atoms with Gasteiger partial charge in [0, 0.05) is 12.2 Å². The van der Waals surface area contributed by atoms with E-state index in [-0.39, 0.29) is 6.42 Å². The molecule has 0 aliphatic heterocycles. The van der Waals surface area contributed by atoms with Gasteiger partial charge >= 0.3 is 17.9 Å². The maximum atomic E-state index is 12.0. The molecule has 0 radical (unpaired) electrons. The van der Waals surface area contributed by atoms with E-state index in [1.165, 1.54) is 14.2 Å².